The lowest BCUT2D eigenvalue weighted by atomic mass is 9.96. The van der Waals surface area contributed by atoms with Crippen LogP contribution in [0.4, 0.5) is 5.69 Å². The molecule has 0 spiro atoms. The fourth-order valence-electron chi connectivity index (χ4n) is 3.53. The van der Waals surface area contributed by atoms with Crippen LogP contribution in [0.2, 0.25) is 10.0 Å². The maximum atomic E-state index is 13.2. The zero-order chi connectivity index (χ0) is 22.8. The number of hydrogen-bond donors (Lipinski definition) is 1. The fraction of sp³-hybridized carbons (Fsp3) is 0.409. The molecule has 0 radical (unpaired) electrons. The average Bonchev–Trinajstić information content (AvgIpc) is 2.63. The van der Waals surface area contributed by atoms with Crippen molar-refractivity contribution in [3.63, 3.8) is 0 Å². The summed E-state index contributed by atoms with van der Waals surface area (Å²) in [6.07, 6.45) is 1.32. The van der Waals surface area contributed by atoms with Crippen molar-refractivity contribution in [3.05, 3.63) is 62.6 Å². The normalized spacial score (nSPS) is 13.6. The standard InChI is InChI=1S/C22H28Cl2N2O3S/c1-7-20(26(30(6,28)29)21-12-17(23)8-9-19(21)24)22(27)25-16(5)18-11-14(3)13(2)10-15(18)4/h8-12,16,20H,7H2,1-6H3,(H,25,27)/t16-,20-/m0/s1. The van der Waals surface area contributed by atoms with E-state index in [0.717, 1.165) is 27.3 Å². The van der Waals surface area contributed by atoms with Crippen LogP contribution in [0.3, 0.4) is 0 Å². The molecule has 2 aromatic rings. The maximum Gasteiger partial charge on any atom is 0.244 e. The van der Waals surface area contributed by atoms with Crippen LogP contribution in [0.25, 0.3) is 0 Å². The molecule has 2 aromatic carbocycles. The third-order valence-corrected chi connectivity index (χ3v) is 6.90. The van der Waals surface area contributed by atoms with Gasteiger partial charge in [-0.15, -0.1) is 0 Å². The van der Waals surface area contributed by atoms with E-state index in [1.54, 1.807) is 13.0 Å². The van der Waals surface area contributed by atoms with Crippen LogP contribution < -0.4 is 9.62 Å². The third-order valence-electron chi connectivity index (χ3n) is 5.18. The predicted molar refractivity (Wildman–Crippen MR) is 125 cm³/mol. The van der Waals surface area contributed by atoms with Crippen molar-refractivity contribution in [2.45, 2.75) is 53.1 Å². The zero-order valence-corrected chi connectivity index (χ0v) is 20.4. The Morgan fingerprint density at radius 1 is 1.07 bits per heavy atom. The van der Waals surface area contributed by atoms with Gasteiger partial charge >= 0.3 is 0 Å². The number of benzene rings is 2. The van der Waals surface area contributed by atoms with Gasteiger partial charge in [0.25, 0.3) is 0 Å². The molecule has 0 bridgehead atoms. The third kappa shape index (κ3) is 5.48. The fourth-order valence-corrected chi connectivity index (χ4v) is 5.17. The Labute approximate surface area is 189 Å². The van der Waals surface area contributed by atoms with Crippen LogP contribution in [0, 0.1) is 20.8 Å². The molecule has 0 aliphatic carbocycles. The van der Waals surface area contributed by atoms with Crippen molar-refractivity contribution >= 4 is 44.8 Å². The summed E-state index contributed by atoms with van der Waals surface area (Å²) in [6, 6.07) is 7.42. The first-order chi connectivity index (χ1) is 13.9. The zero-order valence-electron chi connectivity index (χ0n) is 18.1. The number of nitrogens with one attached hydrogen (secondary N) is 1. The molecule has 164 valence electrons. The number of anilines is 1. The van der Waals surface area contributed by atoms with E-state index in [1.807, 2.05) is 27.7 Å². The lowest BCUT2D eigenvalue weighted by Crippen LogP contribution is -2.50. The lowest BCUT2D eigenvalue weighted by molar-refractivity contribution is -0.122. The smallest absolute Gasteiger partial charge is 0.244 e. The number of aryl methyl sites for hydroxylation is 3. The monoisotopic (exact) mass is 470 g/mol. The van der Waals surface area contributed by atoms with Gasteiger partial charge in [0.2, 0.25) is 15.9 Å². The first-order valence-corrected chi connectivity index (χ1v) is 12.3. The average molecular weight is 471 g/mol. The summed E-state index contributed by atoms with van der Waals surface area (Å²) in [5.74, 6) is -0.399. The molecule has 2 rings (SSSR count). The van der Waals surface area contributed by atoms with E-state index in [4.69, 9.17) is 23.2 Å². The molecule has 5 nitrogen and oxygen atoms in total. The Kier molecular flexibility index (Phi) is 7.83. The Bertz CT molecular complexity index is 1050. The molecule has 2 atom stereocenters. The van der Waals surface area contributed by atoms with Crippen molar-refractivity contribution in [3.8, 4) is 0 Å². The second-order valence-electron chi connectivity index (χ2n) is 7.60. The van der Waals surface area contributed by atoms with Gasteiger partial charge in [-0.2, -0.15) is 0 Å². The second kappa shape index (κ2) is 9.58. The largest absolute Gasteiger partial charge is 0.348 e. The minimum atomic E-state index is -3.81. The Morgan fingerprint density at radius 3 is 2.23 bits per heavy atom. The van der Waals surface area contributed by atoms with Crippen LogP contribution in [-0.4, -0.2) is 26.6 Å². The van der Waals surface area contributed by atoms with Gasteiger partial charge in [-0.05, 0) is 74.6 Å². The van der Waals surface area contributed by atoms with Crippen LogP contribution in [0.15, 0.2) is 30.3 Å². The molecule has 0 saturated heterocycles. The Hall–Kier alpha value is -1.76. The van der Waals surface area contributed by atoms with E-state index in [2.05, 4.69) is 17.4 Å². The van der Waals surface area contributed by atoms with E-state index in [9.17, 15) is 13.2 Å². The number of sulfonamides is 1. The van der Waals surface area contributed by atoms with Crippen LogP contribution in [0.1, 0.15) is 48.6 Å². The topological polar surface area (TPSA) is 66.5 Å². The molecule has 0 saturated carbocycles. The summed E-state index contributed by atoms with van der Waals surface area (Å²) in [5, 5.41) is 3.50. The first kappa shape index (κ1) is 24.5. The van der Waals surface area contributed by atoms with Crippen molar-refractivity contribution < 1.29 is 13.2 Å². The summed E-state index contributed by atoms with van der Waals surface area (Å²) in [7, 11) is -3.81. The van der Waals surface area contributed by atoms with Crippen molar-refractivity contribution in [1.82, 2.24) is 5.32 Å². The number of carbonyl (C=O) groups excluding carboxylic acids is 1. The number of rotatable bonds is 7. The molecule has 30 heavy (non-hydrogen) atoms. The molecular weight excluding hydrogens is 443 g/mol. The summed E-state index contributed by atoms with van der Waals surface area (Å²) < 4.78 is 26.3. The molecule has 0 heterocycles. The highest BCUT2D eigenvalue weighted by molar-refractivity contribution is 7.92. The van der Waals surface area contributed by atoms with Crippen LogP contribution >= 0.6 is 23.2 Å². The van der Waals surface area contributed by atoms with E-state index < -0.39 is 22.0 Å². The van der Waals surface area contributed by atoms with Gasteiger partial charge in [0.1, 0.15) is 6.04 Å². The predicted octanol–water partition coefficient (Wildman–Crippen LogP) is 5.34. The molecular formula is C22H28Cl2N2O3S. The molecule has 0 fully saturated rings. The van der Waals surface area contributed by atoms with Crippen molar-refractivity contribution in [2.75, 3.05) is 10.6 Å². The molecule has 0 aliphatic heterocycles. The number of amides is 1. The van der Waals surface area contributed by atoms with Gasteiger partial charge in [0, 0.05) is 5.02 Å². The first-order valence-electron chi connectivity index (χ1n) is 9.69. The highest BCUT2D eigenvalue weighted by atomic mass is 35.5. The summed E-state index contributed by atoms with van der Waals surface area (Å²) in [5.41, 5.74) is 4.56. The van der Waals surface area contributed by atoms with E-state index >= 15 is 0 Å². The molecule has 1 N–H and O–H groups in total. The Balaban J connectivity index is 2.41. The van der Waals surface area contributed by atoms with Gasteiger partial charge in [-0.3, -0.25) is 9.10 Å². The van der Waals surface area contributed by atoms with Gasteiger partial charge in [0.05, 0.1) is 23.0 Å². The van der Waals surface area contributed by atoms with Gasteiger partial charge in [-0.25, -0.2) is 8.42 Å². The second-order valence-corrected chi connectivity index (χ2v) is 10.3. The van der Waals surface area contributed by atoms with E-state index in [0.29, 0.717) is 5.02 Å². The van der Waals surface area contributed by atoms with Gasteiger partial charge < -0.3 is 5.32 Å². The number of nitrogens with zero attached hydrogens (tertiary/aromatic N) is 1. The summed E-state index contributed by atoms with van der Waals surface area (Å²) >= 11 is 12.3. The Morgan fingerprint density at radius 2 is 1.67 bits per heavy atom. The van der Waals surface area contributed by atoms with Crippen LogP contribution in [-0.2, 0) is 14.8 Å². The molecule has 0 unspecified atom stereocenters. The van der Waals surface area contributed by atoms with E-state index in [-0.39, 0.29) is 23.2 Å². The summed E-state index contributed by atoms with van der Waals surface area (Å²) in [6.45, 7) is 9.71. The highest BCUT2D eigenvalue weighted by Crippen LogP contribution is 2.33. The highest BCUT2D eigenvalue weighted by Gasteiger charge is 2.33. The lowest BCUT2D eigenvalue weighted by Gasteiger charge is -2.32. The quantitative estimate of drug-likeness (QED) is 0.593. The summed E-state index contributed by atoms with van der Waals surface area (Å²) in [4.78, 5) is 13.2. The molecule has 8 heteroatoms. The van der Waals surface area contributed by atoms with Gasteiger partial charge in [-0.1, -0.05) is 42.3 Å². The number of hydrogen-bond acceptors (Lipinski definition) is 3. The molecule has 1 amide bonds. The van der Waals surface area contributed by atoms with Crippen molar-refractivity contribution in [2.24, 2.45) is 0 Å². The minimum Gasteiger partial charge on any atom is -0.348 e. The van der Waals surface area contributed by atoms with Crippen molar-refractivity contribution in [1.29, 1.82) is 0 Å². The van der Waals surface area contributed by atoms with Crippen LogP contribution in [0.5, 0.6) is 0 Å². The molecule has 0 aliphatic rings. The maximum absolute atomic E-state index is 13.2. The SMILES string of the molecule is CC[C@@H](C(=O)N[C@@H](C)c1cc(C)c(C)cc1C)N(c1cc(Cl)ccc1Cl)S(C)(=O)=O. The number of halogens is 2. The van der Waals surface area contributed by atoms with Gasteiger partial charge in [0.15, 0.2) is 0 Å². The number of carbonyl (C=O) groups is 1. The molecule has 0 aromatic heterocycles. The van der Waals surface area contributed by atoms with E-state index in [1.165, 1.54) is 17.7 Å². The minimum absolute atomic E-state index is 0.184.